The normalized spacial score (nSPS) is 13.4. The van der Waals surface area contributed by atoms with Gasteiger partial charge >= 0.3 is 19.8 Å². The Kier molecular flexibility index (Phi) is 37.6. The molecule has 51 heavy (non-hydrogen) atoms. The van der Waals surface area contributed by atoms with Gasteiger partial charge in [-0.15, -0.1) is 0 Å². The van der Waals surface area contributed by atoms with Gasteiger partial charge in [-0.2, -0.15) is 0 Å². The minimum Gasteiger partial charge on any atom is -0.462 e. The summed E-state index contributed by atoms with van der Waals surface area (Å²) in [6.45, 7) is 3.88. The van der Waals surface area contributed by atoms with Crippen LogP contribution in [0.1, 0.15) is 219 Å². The molecule has 0 aromatic rings. The summed E-state index contributed by atoms with van der Waals surface area (Å²) < 4.78 is 31.9. The van der Waals surface area contributed by atoms with Crippen LogP contribution >= 0.6 is 7.82 Å². The lowest BCUT2D eigenvalue weighted by Gasteiger charge is -2.19. The molecule has 2 atom stereocenters. The van der Waals surface area contributed by atoms with Crippen molar-refractivity contribution in [1.29, 1.82) is 0 Å². The Morgan fingerprint density at radius 1 is 0.529 bits per heavy atom. The van der Waals surface area contributed by atoms with Crippen LogP contribution in [0.5, 0.6) is 0 Å². The SMILES string of the molecule is CCCCC/C=C\CCCCCCCC(=O)OC(COC(=O)CCCCCCCCCCCCCCCCCCCCCC)COP(=O)(O)OC. The number of carbonyl (C=O) groups is 2. The van der Waals surface area contributed by atoms with Crippen molar-refractivity contribution in [2.45, 2.75) is 225 Å². The molecule has 302 valence electrons. The summed E-state index contributed by atoms with van der Waals surface area (Å²) in [6, 6.07) is 0. The smallest absolute Gasteiger partial charge is 0.462 e. The third-order valence-electron chi connectivity index (χ3n) is 9.51. The maximum absolute atomic E-state index is 12.5. The van der Waals surface area contributed by atoms with Crippen LogP contribution in [0.15, 0.2) is 12.2 Å². The molecular formula is C42H81O8P. The third-order valence-corrected chi connectivity index (χ3v) is 10.4. The van der Waals surface area contributed by atoms with E-state index < -0.39 is 26.5 Å². The predicted molar refractivity (Wildman–Crippen MR) is 212 cm³/mol. The van der Waals surface area contributed by atoms with E-state index in [0.29, 0.717) is 12.8 Å². The van der Waals surface area contributed by atoms with Gasteiger partial charge in [0.15, 0.2) is 6.10 Å². The quantitative estimate of drug-likeness (QED) is 0.0286. The lowest BCUT2D eigenvalue weighted by molar-refractivity contribution is -0.161. The molecule has 0 aromatic carbocycles. The first kappa shape index (κ1) is 49.8. The molecular weight excluding hydrogens is 663 g/mol. The van der Waals surface area contributed by atoms with Gasteiger partial charge in [-0.1, -0.05) is 180 Å². The number of allylic oxidation sites excluding steroid dienone is 2. The van der Waals surface area contributed by atoms with Gasteiger partial charge in [0.25, 0.3) is 0 Å². The average Bonchev–Trinajstić information content (AvgIpc) is 3.12. The van der Waals surface area contributed by atoms with Gasteiger partial charge in [0, 0.05) is 20.0 Å². The summed E-state index contributed by atoms with van der Waals surface area (Å²) in [5.74, 6) is -0.804. The number of phosphoric acid groups is 1. The number of carbonyl (C=O) groups excluding carboxylic acids is 2. The molecule has 0 aliphatic rings. The first-order valence-electron chi connectivity index (χ1n) is 21.4. The first-order chi connectivity index (χ1) is 24.8. The molecule has 0 spiro atoms. The number of ether oxygens (including phenoxy) is 2. The second-order valence-electron chi connectivity index (χ2n) is 14.5. The highest BCUT2D eigenvalue weighted by molar-refractivity contribution is 7.47. The van der Waals surface area contributed by atoms with Crippen molar-refractivity contribution in [2.24, 2.45) is 0 Å². The second kappa shape index (κ2) is 38.5. The van der Waals surface area contributed by atoms with E-state index in [2.05, 4.69) is 30.5 Å². The van der Waals surface area contributed by atoms with Gasteiger partial charge in [-0.05, 0) is 38.5 Å². The molecule has 0 amide bonds. The molecule has 0 rings (SSSR count). The largest absolute Gasteiger partial charge is 0.472 e. The van der Waals surface area contributed by atoms with E-state index in [1.54, 1.807) is 0 Å². The van der Waals surface area contributed by atoms with E-state index >= 15 is 0 Å². The van der Waals surface area contributed by atoms with Crippen molar-refractivity contribution in [3.05, 3.63) is 12.2 Å². The van der Waals surface area contributed by atoms with E-state index in [9.17, 15) is 19.0 Å². The Bertz CT molecular complexity index is 849. The standard InChI is InChI=1S/C42H81O8P/c1-4-6-8-10-12-14-16-18-19-20-21-22-23-24-25-27-28-30-32-34-36-41(43)48-38-40(39-49-51(45,46)47-3)50-42(44)37-35-33-31-29-26-17-15-13-11-9-7-5-2/h13,15,40H,4-12,14,16-39H2,1-3H3,(H,45,46)/b15-13-. The van der Waals surface area contributed by atoms with Crippen molar-refractivity contribution < 1.29 is 37.6 Å². The lowest BCUT2D eigenvalue weighted by atomic mass is 10.0. The summed E-state index contributed by atoms with van der Waals surface area (Å²) in [5, 5.41) is 0. The van der Waals surface area contributed by atoms with E-state index in [1.165, 1.54) is 135 Å². The Hall–Kier alpha value is -1.21. The molecule has 0 heterocycles. The zero-order valence-corrected chi connectivity index (χ0v) is 34.4. The third kappa shape index (κ3) is 38.3. The van der Waals surface area contributed by atoms with Gasteiger partial charge in [0.2, 0.25) is 0 Å². The minimum absolute atomic E-state index is 0.223. The monoisotopic (exact) mass is 745 g/mol. The zero-order chi connectivity index (χ0) is 37.5. The fourth-order valence-corrected chi connectivity index (χ4v) is 6.64. The Balaban J connectivity index is 3.91. The molecule has 0 aliphatic heterocycles. The fraction of sp³-hybridized carbons (Fsp3) is 0.905. The Morgan fingerprint density at radius 3 is 1.31 bits per heavy atom. The van der Waals surface area contributed by atoms with E-state index in [0.717, 1.165) is 58.5 Å². The van der Waals surface area contributed by atoms with Crippen molar-refractivity contribution in [3.63, 3.8) is 0 Å². The van der Waals surface area contributed by atoms with Gasteiger partial charge in [0.05, 0.1) is 6.61 Å². The van der Waals surface area contributed by atoms with Crippen molar-refractivity contribution in [3.8, 4) is 0 Å². The van der Waals surface area contributed by atoms with Gasteiger partial charge in [-0.3, -0.25) is 18.6 Å². The highest BCUT2D eigenvalue weighted by Gasteiger charge is 2.24. The number of esters is 2. The van der Waals surface area contributed by atoms with Crippen molar-refractivity contribution in [2.75, 3.05) is 20.3 Å². The number of unbranched alkanes of at least 4 members (excludes halogenated alkanes) is 27. The van der Waals surface area contributed by atoms with Crippen LogP contribution in [0.3, 0.4) is 0 Å². The van der Waals surface area contributed by atoms with Crippen LogP contribution in [-0.2, 0) is 32.7 Å². The van der Waals surface area contributed by atoms with Crippen LogP contribution in [0.2, 0.25) is 0 Å². The summed E-state index contributed by atoms with van der Waals surface area (Å²) in [5.41, 5.74) is 0. The van der Waals surface area contributed by atoms with E-state index in [-0.39, 0.29) is 19.0 Å². The van der Waals surface area contributed by atoms with Crippen LogP contribution in [0, 0.1) is 0 Å². The molecule has 0 aromatic heterocycles. The minimum atomic E-state index is -4.26. The highest BCUT2D eigenvalue weighted by Crippen LogP contribution is 2.42. The van der Waals surface area contributed by atoms with Crippen molar-refractivity contribution >= 4 is 19.8 Å². The molecule has 8 nitrogen and oxygen atoms in total. The van der Waals surface area contributed by atoms with Crippen LogP contribution in [0.25, 0.3) is 0 Å². The fourth-order valence-electron chi connectivity index (χ4n) is 6.18. The van der Waals surface area contributed by atoms with Gasteiger partial charge in [-0.25, -0.2) is 4.57 Å². The highest BCUT2D eigenvalue weighted by atomic mass is 31.2. The number of hydrogen-bond donors (Lipinski definition) is 1. The van der Waals surface area contributed by atoms with Gasteiger partial charge in [0.1, 0.15) is 6.61 Å². The number of phosphoric ester groups is 1. The average molecular weight is 745 g/mol. The summed E-state index contributed by atoms with van der Waals surface area (Å²) in [7, 11) is -3.19. The molecule has 0 fully saturated rings. The maximum Gasteiger partial charge on any atom is 0.472 e. The predicted octanol–water partition coefficient (Wildman–Crippen LogP) is 13.3. The van der Waals surface area contributed by atoms with Crippen LogP contribution in [0.4, 0.5) is 0 Å². The van der Waals surface area contributed by atoms with Gasteiger partial charge < -0.3 is 14.4 Å². The van der Waals surface area contributed by atoms with Crippen molar-refractivity contribution in [1.82, 2.24) is 0 Å². The molecule has 0 radical (unpaired) electrons. The molecule has 0 saturated heterocycles. The summed E-state index contributed by atoms with van der Waals surface area (Å²) in [4.78, 5) is 34.4. The molecule has 0 aliphatic carbocycles. The summed E-state index contributed by atoms with van der Waals surface area (Å²) >= 11 is 0. The Labute approximate surface area is 314 Å². The molecule has 0 saturated carbocycles. The van der Waals surface area contributed by atoms with E-state index in [1.807, 2.05) is 0 Å². The zero-order valence-electron chi connectivity index (χ0n) is 33.5. The van der Waals surface area contributed by atoms with Crippen LogP contribution in [-0.4, -0.2) is 43.3 Å². The molecule has 0 bridgehead atoms. The second-order valence-corrected chi connectivity index (χ2v) is 16.0. The molecule has 9 heteroatoms. The number of hydrogen-bond acceptors (Lipinski definition) is 7. The topological polar surface area (TPSA) is 108 Å². The Morgan fingerprint density at radius 2 is 0.882 bits per heavy atom. The lowest BCUT2D eigenvalue weighted by Crippen LogP contribution is -2.29. The first-order valence-corrected chi connectivity index (χ1v) is 22.9. The number of rotatable bonds is 40. The summed E-state index contributed by atoms with van der Waals surface area (Å²) in [6.07, 6.45) is 41.3. The molecule has 2 unspecified atom stereocenters. The van der Waals surface area contributed by atoms with E-state index in [4.69, 9.17) is 14.0 Å². The van der Waals surface area contributed by atoms with Crippen LogP contribution < -0.4 is 0 Å². The molecule has 1 N–H and O–H groups in total. The maximum atomic E-state index is 12.5.